The summed E-state index contributed by atoms with van der Waals surface area (Å²) in [7, 11) is 0. The van der Waals surface area contributed by atoms with Crippen molar-refractivity contribution in [2.75, 3.05) is 6.61 Å². The average Bonchev–Trinajstić information content (AvgIpc) is 3.20. The van der Waals surface area contributed by atoms with Crippen LogP contribution >= 0.6 is 0 Å². The minimum atomic E-state index is -1.11. The number of aliphatic carboxylic acids is 1. The zero-order chi connectivity index (χ0) is 24.7. The zero-order valence-corrected chi connectivity index (χ0v) is 19.3. The topological polar surface area (TPSA) is 122 Å². The Labute approximate surface area is 198 Å². The first-order valence-electron chi connectivity index (χ1n) is 11.3. The molecular weight excluding hydrogens is 436 g/mol. The summed E-state index contributed by atoms with van der Waals surface area (Å²) < 4.78 is 5.63. The van der Waals surface area contributed by atoms with Crippen molar-refractivity contribution in [3.8, 4) is 5.75 Å². The standard InChI is InChI=1S/C26H30N2O6/c1-16(2)10-22(26(32)33)28-25(31)21(12-17-6-4-3-5-7-17)27-24(30)13-19-15-34-23-9-8-18(14-29)11-20(19)23/h3-9,11,14,16,19,21-22H,10,12-13,15H2,1-2H3,(H,27,30)(H,28,31)(H,32,33)/t19?,21-,22-/m0/s1. The third kappa shape index (κ3) is 6.66. The van der Waals surface area contributed by atoms with Crippen molar-refractivity contribution < 1.29 is 29.0 Å². The summed E-state index contributed by atoms with van der Waals surface area (Å²) in [5, 5.41) is 14.9. The highest BCUT2D eigenvalue weighted by atomic mass is 16.5. The summed E-state index contributed by atoms with van der Waals surface area (Å²) in [6.07, 6.45) is 1.32. The fourth-order valence-corrected chi connectivity index (χ4v) is 4.04. The van der Waals surface area contributed by atoms with Crippen LogP contribution < -0.4 is 15.4 Å². The number of benzene rings is 2. The number of rotatable bonds is 11. The molecule has 0 aromatic heterocycles. The first-order valence-corrected chi connectivity index (χ1v) is 11.3. The van der Waals surface area contributed by atoms with Crippen LogP contribution in [0.4, 0.5) is 0 Å². The molecule has 1 aliphatic heterocycles. The van der Waals surface area contributed by atoms with E-state index in [0.29, 0.717) is 17.9 Å². The molecule has 8 nitrogen and oxygen atoms in total. The highest BCUT2D eigenvalue weighted by molar-refractivity contribution is 5.91. The molecule has 0 aliphatic carbocycles. The van der Waals surface area contributed by atoms with E-state index < -0.39 is 24.0 Å². The van der Waals surface area contributed by atoms with Crippen molar-refractivity contribution in [3.63, 3.8) is 0 Å². The van der Waals surface area contributed by atoms with Gasteiger partial charge in [0.25, 0.3) is 0 Å². The van der Waals surface area contributed by atoms with Gasteiger partial charge in [0.05, 0.1) is 6.61 Å². The number of carboxylic acids is 1. The van der Waals surface area contributed by atoms with Gasteiger partial charge in [0, 0.05) is 29.9 Å². The van der Waals surface area contributed by atoms with E-state index in [9.17, 15) is 24.3 Å². The molecule has 0 saturated carbocycles. The molecule has 3 atom stereocenters. The van der Waals surface area contributed by atoms with Gasteiger partial charge in [-0.15, -0.1) is 0 Å². The number of fused-ring (bicyclic) bond motifs is 1. The van der Waals surface area contributed by atoms with Crippen LogP contribution in [-0.2, 0) is 20.8 Å². The minimum absolute atomic E-state index is 0.0715. The van der Waals surface area contributed by atoms with E-state index in [0.717, 1.165) is 17.4 Å². The Kier molecular flexibility index (Phi) is 8.40. The summed E-state index contributed by atoms with van der Waals surface area (Å²) in [6, 6.07) is 12.3. The Hall–Kier alpha value is -3.68. The maximum Gasteiger partial charge on any atom is 0.326 e. The molecule has 0 spiro atoms. The number of amides is 2. The molecule has 1 heterocycles. The number of aldehydes is 1. The predicted molar refractivity (Wildman–Crippen MR) is 126 cm³/mol. The summed E-state index contributed by atoms with van der Waals surface area (Å²) >= 11 is 0. The quantitative estimate of drug-likeness (QED) is 0.438. The second-order valence-corrected chi connectivity index (χ2v) is 8.97. The van der Waals surface area contributed by atoms with E-state index >= 15 is 0 Å². The van der Waals surface area contributed by atoms with Gasteiger partial charge < -0.3 is 20.5 Å². The number of ether oxygens (including phenoxy) is 1. The van der Waals surface area contributed by atoms with E-state index in [1.54, 1.807) is 18.2 Å². The van der Waals surface area contributed by atoms with Crippen LogP contribution in [0.15, 0.2) is 48.5 Å². The fourth-order valence-electron chi connectivity index (χ4n) is 4.04. The zero-order valence-electron chi connectivity index (χ0n) is 19.3. The van der Waals surface area contributed by atoms with Crippen LogP contribution in [0.3, 0.4) is 0 Å². The molecule has 2 amide bonds. The normalized spacial score (nSPS) is 16.1. The molecule has 1 unspecified atom stereocenters. The van der Waals surface area contributed by atoms with Gasteiger partial charge >= 0.3 is 5.97 Å². The molecule has 0 fully saturated rings. The van der Waals surface area contributed by atoms with Crippen LogP contribution in [-0.4, -0.2) is 47.9 Å². The molecular formula is C26H30N2O6. The smallest absolute Gasteiger partial charge is 0.326 e. The van der Waals surface area contributed by atoms with Crippen LogP contribution in [0.25, 0.3) is 0 Å². The number of carboxylic acid groups (broad SMARTS) is 1. The minimum Gasteiger partial charge on any atom is -0.493 e. The lowest BCUT2D eigenvalue weighted by atomic mass is 9.95. The van der Waals surface area contributed by atoms with Gasteiger partial charge in [-0.2, -0.15) is 0 Å². The third-order valence-electron chi connectivity index (χ3n) is 5.74. The Morgan fingerprint density at radius 2 is 1.82 bits per heavy atom. The highest BCUT2D eigenvalue weighted by Gasteiger charge is 2.30. The predicted octanol–water partition coefficient (Wildman–Crippen LogP) is 2.71. The Morgan fingerprint density at radius 3 is 2.47 bits per heavy atom. The lowest BCUT2D eigenvalue weighted by molar-refractivity contribution is -0.142. The number of carbonyl (C=O) groups excluding carboxylic acids is 3. The maximum absolute atomic E-state index is 13.0. The van der Waals surface area contributed by atoms with Crippen LogP contribution in [0.1, 0.15) is 54.1 Å². The van der Waals surface area contributed by atoms with Crippen molar-refractivity contribution in [1.29, 1.82) is 0 Å². The van der Waals surface area contributed by atoms with Gasteiger partial charge in [-0.1, -0.05) is 44.2 Å². The maximum atomic E-state index is 13.0. The summed E-state index contributed by atoms with van der Waals surface area (Å²) in [5.74, 6) is -1.55. The molecule has 0 bridgehead atoms. The average molecular weight is 467 g/mol. The molecule has 1 aliphatic rings. The van der Waals surface area contributed by atoms with Gasteiger partial charge in [-0.25, -0.2) is 4.79 Å². The van der Waals surface area contributed by atoms with E-state index in [2.05, 4.69) is 10.6 Å². The van der Waals surface area contributed by atoms with Gasteiger partial charge in [-0.3, -0.25) is 14.4 Å². The Balaban J connectivity index is 1.72. The van der Waals surface area contributed by atoms with Crippen molar-refractivity contribution in [2.24, 2.45) is 5.92 Å². The second kappa shape index (κ2) is 11.4. The molecule has 34 heavy (non-hydrogen) atoms. The lowest BCUT2D eigenvalue weighted by Crippen LogP contribution is -2.52. The van der Waals surface area contributed by atoms with Gasteiger partial charge in [0.15, 0.2) is 0 Å². The van der Waals surface area contributed by atoms with Crippen molar-refractivity contribution in [3.05, 3.63) is 65.2 Å². The molecule has 0 saturated heterocycles. The largest absolute Gasteiger partial charge is 0.493 e. The first-order chi connectivity index (χ1) is 16.3. The number of nitrogens with one attached hydrogen (secondary N) is 2. The SMILES string of the molecule is CC(C)C[C@H](NC(=O)[C@H](Cc1ccccc1)NC(=O)CC1COc2ccc(C=O)cc21)C(=O)O. The Bertz CT molecular complexity index is 1040. The Morgan fingerprint density at radius 1 is 1.09 bits per heavy atom. The lowest BCUT2D eigenvalue weighted by Gasteiger charge is -2.23. The van der Waals surface area contributed by atoms with Crippen LogP contribution in [0, 0.1) is 5.92 Å². The van der Waals surface area contributed by atoms with Crippen LogP contribution in [0.2, 0.25) is 0 Å². The molecule has 2 aromatic rings. The third-order valence-corrected chi connectivity index (χ3v) is 5.74. The molecule has 3 rings (SSSR count). The van der Waals surface area contributed by atoms with Gasteiger partial charge in [0.1, 0.15) is 24.1 Å². The van der Waals surface area contributed by atoms with Gasteiger partial charge in [-0.05, 0) is 36.1 Å². The van der Waals surface area contributed by atoms with Crippen molar-refractivity contribution in [1.82, 2.24) is 10.6 Å². The van der Waals surface area contributed by atoms with E-state index in [4.69, 9.17) is 4.74 Å². The van der Waals surface area contributed by atoms with Crippen molar-refractivity contribution >= 4 is 24.1 Å². The fraction of sp³-hybridized carbons (Fsp3) is 0.385. The summed E-state index contributed by atoms with van der Waals surface area (Å²) in [4.78, 5) is 48.7. The van der Waals surface area contributed by atoms with Crippen LogP contribution in [0.5, 0.6) is 5.75 Å². The molecule has 8 heteroatoms. The molecule has 180 valence electrons. The summed E-state index contributed by atoms with van der Waals surface area (Å²) in [5.41, 5.74) is 2.12. The highest BCUT2D eigenvalue weighted by Crippen LogP contribution is 2.36. The second-order valence-electron chi connectivity index (χ2n) is 8.97. The summed E-state index contributed by atoms with van der Waals surface area (Å²) in [6.45, 7) is 4.06. The van der Waals surface area contributed by atoms with Gasteiger partial charge in [0.2, 0.25) is 11.8 Å². The molecule has 0 radical (unpaired) electrons. The molecule has 3 N–H and O–H groups in total. The number of hydrogen-bond acceptors (Lipinski definition) is 5. The van der Waals surface area contributed by atoms with Crippen molar-refractivity contribution in [2.45, 2.75) is 51.1 Å². The molecule has 2 aromatic carbocycles. The van der Waals surface area contributed by atoms with E-state index in [-0.39, 0.29) is 37.0 Å². The monoisotopic (exact) mass is 466 g/mol. The number of hydrogen-bond donors (Lipinski definition) is 3. The number of carbonyl (C=O) groups is 4. The first kappa shape index (κ1) is 25.0. The van der Waals surface area contributed by atoms with E-state index in [1.807, 2.05) is 44.2 Å². The van der Waals surface area contributed by atoms with E-state index in [1.165, 1.54) is 0 Å².